The third kappa shape index (κ3) is 4.24. The number of nitrogens with zero attached hydrogens (tertiary/aromatic N) is 2. The Morgan fingerprint density at radius 2 is 1.75 bits per heavy atom. The van der Waals surface area contributed by atoms with E-state index in [1.807, 2.05) is 0 Å². The molecule has 0 radical (unpaired) electrons. The molecule has 0 atom stereocenters. The lowest BCUT2D eigenvalue weighted by molar-refractivity contribution is 0.220. The summed E-state index contributed by atoms with van der Waals surface area (Å²) >= 11 is 0. The lowest BCUT2D eigenvalue weighted by atomic mass is 10.3. The molecule has 1 saturated heterocycles. The number of rotatable bonds is 7. The zero-order valence-corrected chi connectivity index (χ0v) is 16.2. The van der Waals surface area contributed by atoms with Crippen molar-refractivity contribution >= 4 is 27.4 Å². The van der Waals surface area contributed by atoms with Gasteiger partial charge in [-0.2, -0.15) is 0 Å². The first kappa shape index (κ1) is 20.1. The second-order valence-electron chi connectivity index (χ2n) is 6.50. The van der Waals surface area contributed by atoms with Crippen LogP contribution in [-0.2, 0) is 10.0 Å². The smallest absolute Gasteiger partial charge is 0.323 e. The minimum Gasteiger partial charge on any atom is -0.323 e. The van der Waals surface area contributed by atoms with E-state index in [2.05, 4.69) is 11.6 Å². The molecule has 0 unspecified atom stereocenters. The van der Waals surface area contributed by atoms with Gasteiger partial charge in [-0.1, -0.05) is 13.3 Å². The Balaban J connectivity index is 1.73. The monoisotopic (exact) mass is 409 g/mol. The van der Waals surface area contributed by atoms with Gasteiger partial charge in [-0.25, -0.2) is 22.0 Å². The van der Waals surface area contributed by atoms with Crippen molar-refractivity contribution in [1.82, 2.24) is 4.90 Å². The number of carbonyl (C=O) groups excluding carboxylic acids is 1. The van der Waals surface area contributed by atoms with Crippen molar-refractivity contribution in [3.8, 4) is 0 Å². The van der Waals surface area contributed by atoms with Crippen LogP contribution in [-0.4, -0.2) is 39.0 Å². The number of benzene rings is 2. The van der Waals surface area contributed by atoms with Gasteiger partial charge < -0.3 is 4.90 Å². The largest absolute Gasteiger partial charge is 0.324 e. The number of urea groups is 1. The maximum Gasteiger partial charge on any atom is 0.324 e. The SMILES string of the molecule is CCCCN1CCN(c2ccc(S(=O)(=O)Nc3ccc(F)c(F)c3)cc2)C1=O. The van der Waals surface area contributed by atoms with E-state index in [1.54, 1.807) is 21.9 Å². The predicted octanol–water partition coefficient (Wildman–Crippen LogP) is 3.81. The topological polar surface area (TPSA) is 69.7 Å². The maximum absolute atomic E-state index is 13.3. The molecule has 2 amide bonds. The van der Waals surface area contributed by atoms with Crippen LogP contribution in [0.15, 0.2) is 47.4 Å². The van der Waals surface area contributed by atoms with Gasteiger partial charge in [0.05, 0.1) is 10.6 Å². The second kappa shape index (κ2) is 8.14. The first-order chi connectivity index (χ1) is 13.3. The fourth-order valence-electron chi connectivity index (χ4n) is 2.96. The maximum atomic E-state index is 13.3. The van der Waals surface area contributed by atoms with Crippen LogP contribution in [0.3, 0.4) is 0 Å². The molecule has 0 bridgehead atoms. The van der Waals surface area contributed by atoms with Crippen molar-refractivity contribution in [3.63, 3.8) is 0 Å². The minimum atomic E-state index is -3.97. The van der Waals surface area contributed by atoms with Gasteiger partial charge in [0, 0.05) is 31.4 Å². The average Bonchev–Trinajstić information content (AvgIpc) is 3.03. The summed E-state index contributed by atoms with van der Waals surface area (Å²) < 4.78 is 53.4. The van der Waals surface area contributed by atoms with Gasteiger partial charge in [-0.15, -0.1) is 0 Å². The molecule has 1 fully saturated rings. The van der Waals surface area contributed by atoms with E-state index in [4.69, 9.17) is 0 Å². The van der Waals surface area contributed by atoms with Crippen molar-refractivity contribution in [2.24, 2.45) is 0 Å². The number of nitrogens with one attached hydrogen (secondary N) is 1. The molecule has 1 N–H and O–H groups in total. The van der Waals surface area contributed by atoms with Crippen LogP contribution in [0.5, 0.6) is 0 Å². The molecule has 28 heavy (non-hydrogen) atoms. The van der Waals surface area contributed by atoms with Gasteiger partial charge in [0.15, 0.2) is 11.6 Å². The van der Waals surface area contributed by atoms with E-state index in [9.17, 15) is 22.0 Å². The Morgan fingerprint density at radius 3 is 2.39 bits per heavy atom. The first-order valence-corrected chi connectivity index (χ1v) is 10.4. The number of anilines is 2. The van der Waals surface area contributed by atoms with Gasteiger partial charge in [0.1, 0.15) is 0 Å². The first-order valence-electron chi connectivity index (χ1n) is 8.96. The fraction of sp³-hybridized carbons (Fsp3) is 0.316. The lowest BCUT2D eigenvalue weighted by Gasteiger charge is -2.19. The van der Waals surface area contributed by atoms with Crippen LogP contribution in [0.2, 0.25) is 0 Å². The van der Waals surface area contributed by atoms with Crippen LogP contribution in [0.1, 0.15) is 19.8 Å². The standard InChI is InChI=1S/C19H21F2N3O3S/c1-2-3-10-23-11-12-24(19(23)25)15-5-7-16(8-6-15)28(26,27)22-14-4-9-17(20)18(21)13-14/h4-9,13,22H,2-3,10-12H2,1H3. The molecule has 2 aromatic carbocycles. The molecule has 1 aliphatic rings. The van der Waals surface area contributed by atoms with Crippen molar-refractivity contribution in [2.75, 3.05) is 29.3 Å². The van der Waals surface area contributed by atoms with E-state index < -0.39 is 21.7 Å². The summed E-state index contributed by atoms with van der Waals surface area (Å²) in [6.45, 7) is 3.95. The average molecular weight is 409 g/mol. The Kier molecular flexibility index (Phi) is 5.83. The second-order valence-corrected chi connectivity index (χ2v) is 8.19. The van der Waals surface area contributed by atoms with Crippen LogP contribution in [0.4, 0.5) is 25.0 Å². The molecular weight excluding hydrogens is 388 g/mol. The molecule has 3 rings (SSSR count). The minimum absolute atomic E-state index is 0.0459. The Bertz CT molecular complexity index is 965. The molecule has 2 aromatic rings. The number of hydrogen-bond donors (Lipinski definition) is 1. The predicted molar refractivity (Wildman–Crippen MR) is 103 cm³/mol. The van der Waals surface area contributed by atoms with E-state index in [-0.39, 0.29) is 16.6 Å². The quantitative estimate of drug-likeness (QED) is 0.756. The molecule has 6 nitrogen and oxygen atoms in total. The number of carbonyl (C=O) groups is 1. The van der Waals surface area contributed by atoms with Crippen LogP contribution in [0.25, 0.3) is 0 Å². The van der Waals surface area contributed by atoms with Crippen molar-refractivity contribution in [1.29, 1.82) is 0 Å². The van der Waals surface area contributed by atoms with Crippen molar-refractivity contribution in [3.05, 3.63) is 54.1 Å². The van der Waals surface area contributed by atoms with E-state index >= 15 is 0 Å². The normalized spacial score (nSPS) is 14.6. The molecule has 1 heterocycles. The van der Waals surface area contributed by atoms with E-state index in [0.717, 1.165) is 31.0 Å². The Morgan fingerprint density at radius 1 is 1.04 bits per heavy atom. The van der Waals surface area contributed by atoms with Crippen LogP contribution in [0, 0.1) is 11.6 Å². The zero-order valence-electron chi connectivity index (χ0n) is 15.4. The zero-order chi connectivity index (χ0) is 20.3. The third-order valence-corrected chi connectivity index (χ3v) is 5.90. The molecule has 1 aliphatic heterocycles. The Labute approximate surface area is 162 Å². The molecule has 0 aliphatic carbocycles. The highest BCUT2D eigenvalue weighted by Gasteiger charge is 2.29. The number of unbranched alkanes of at least 4 members (excludes halogenated alkanes) is 1. The van der Waals surface area contributed by atoms with Gasteiger partial charge in [0.2, 0.25) is 0 Å². The third-order valence-electron chi connectivity index (χ3n) is 4.51. The van der Waals surface area contributed by atoms with Crippen molar-refractivity contribution in [2.45, 2.75) is 24.7 Å². The summed E-state index contributed by atoms with van der Waals surface area (Å²) in [6.07, 6.45) is 1.94. The summed E-state index contributed by atoms with van der Waals surface area (Å²) in [5, 5.41) is 0. The van der Waals surface area contributed by atoms with Gasteiger partial charge in [0.25, 0.3) is 10.0 Å². The van der Waals surface area contributed by atoms with Gasteiger partial charge >= 0.3 is 6.03 Å². The van der Waals surface area contributed by atoms with E-state index in [0.29, 0.717) is 25.3 Å². The van der Waals surface area contributed by atoms with Gasteiger partial charge in [-0.3, -0.25) is 9.62 Å². The highest BCUT2D eigenvalue weighted by Crippen LogP contribution is 2.24. The molecule has 9 heteroatoms. The summed E-state index contributed by atoms with van der Waals surface area (Å²) in [5.74, 6) is -2.20. The molecule has 0 saturated carbocycles. The Hall–Kier alpha value is -2.68. The highest BCUT2D eigenvalue weighted by atomic mass is 32.2. The summed E-state index contributed by atoms with van der Waals surface area (Å²) in [7, 11) is -3.97. The molecular formula is C19H21F2N3O3S. The van der Waals surface area contributed by atoms with E-state index in [1.165, 1.54) is 12.1 Å². The van der Waals surface area contributed by atoms with Crippen LogP contribution >= 0.6 is 0 Å². The summed E-state index contributed by atoms with van der Waals surface area (Å²) in [6, 6.07) is 8.53. The molecule has 0 spiro atoms. The highest BCUT2D eigenvalue weighted by molar-refractivity contribution is 7.92. The summed E-state index contributed by atoms with van der Waals surface area (Å²) in [4.78, 5) is 15.8. The molecule has 0 aromatic heterocycles. The number of halogens is 2. The number of sulfonamides is 1. The van der Waals surface area contributed by atoms with Crippen LogP contribution < -0.4 is 9.62 Å². The molecule has 150 valence electrons. The van der Waals surface area contributed by atoms with Gasteiger partial charge in [-0.05, 0) is 42.8 Å². The fourth-order valence-corrected chi connectivity index (χ4v) is 4.01. The van der Waals surface area contributed by atoms with Crippen molar-refractivity contribution < 1.29 is 22.0 Å². The number of hydrogen-bond acceptors (Lipinski definition) is 3. The lowest BCUT2D eigenvalue weighted by Crippen LogP contribution is -2.32. The number of amides is 2. The summed E-state index contributed by atoms with van der Waals surface area (Å²) in [5.41, 5.74) is 0.528.